The fraction of sp³-hybridized carbons (Fsp3) is 0.538. The van der Waals surface area contributed by atoms with Gasteiger partial charge in [-0.05, 0) is 19.8 Å². The SMILES string of the molecule is Cc1cc(C(=O)NC2(c3noc(C)n3)CCCC2)no1. The number of carbonyl (C=O) groups is 1. The van der Waals surface area contributed by atoms with Crippen LogP contribution in [-0.2, 0) is 5.54 Å². The van der Waals surface area contributed by atoms with Crippen LogP contribution >= 0.6 is 0 Å². The molecule has 20 heavy (non-hydrogen) atoms. The predicted octanol–water partition coefficient (Wildman–Crippen LogP) is 1.87. The molecule has 1 amide bonds. The largest absolute Gasteiger partial charge is 0.361 e. The highest BCUT2D eigenvalue weighted by molar-refractivity contribution is 5.92. The lowest BCUT2D eigenvalue weighted by atomic mass is 9.96. The van der Waals surface area contributed by atoms with Gasteiger partial charge in [-0.1, -0.05) is 23.2 Å². The molecule has 3 rings (SSSR count). The number of hydrogen-bond acceptors (Lipinski definition) is 6. The average molecular weight is 276 g/mol. The van der Waals surface area contributed by atoms with Gasteiger partial charge in [-0.2, -0.15) is 4.98 Å². The van der Waals surface area contributed by atoms with E-state index < -0.39 is 5.54 Å². The van der Waals surface area contributed by atoms with E-state index in [2.05, 4.69) is 20.6 Å². The molecule has 0 aromatic carbocycles. The van der Waals surface area contributed by atoms with Crippen LogP contribution in [0.5, 0.6) is 0 Å². The number of carbonyl (C=O) groups excluding carboxylic acids is 1. The van der Waals surface area contributed by atoms with Crippen LogP contribution < -0.4 is 5.32 Å². The summed E-state index contributed by atoms with van der Waals surface area (Å²) in [5.41, 5.74) is -0.282. The third kappa shape index (κ3) is 2.19. The standard InChI is InChI=1S/C13H16N4O3/c1-8-7-10(16-19-8)11(18)15-13(5-3-4-6-13)12-14-9(2)20-17-12/h7H,3-6H2,1-2H3,(H,15,18). The van der Waals surface area contributed by atoms with Crippen molar-refractivity contribution in [1.82, 2.24) is 20.6 Å². The first kappa shape index (κ1) is 12.8. The lowest BCUT2D eigenvalue weighted by Gasteiger charge is -2.26. The molecule has 0 atom stereocenters. The van der Waals surface area contributed by atoms with Gasteiger partial charge in [0.05, 0.1) is 0 Å². The summed E-state index contributed by atoms with van der Waals surface area (Å²) in [6, 6.07) is 1.61. The Morgan fingerprint density at radius 3 is 2.55 bits per heavy atom. The van der Waals surface area contributed by atoms with Crippen molar-refractivity contribution >= 4 is 5.91 Å². The normalized spacial score (nSPS) is 17.3. The monoisotopic (exact) mass is 276 g/mol. The highest BCUT2D eigenvalue weighted by Crippen LogP contribution is 2.37. The molecule has 0 unspecified atom stereocenters. The Hall–Kier alpha value is -2.18. The molecule has 1 N–H and O–H groups in total. The minimum atomic E-state index is -0.554. The lowest BCUT2D eigenvalue weighted by Crippen LogP contribution is -2.44. The minimum absolute atomic E-state index is 0.272. The Labute approximate surface area is 115 Å². The maximum absolute atomic E-state index is 12.3. The first-order valence-corrected chi connectivity index (χ1v) is 6.66. The van der Waals surface area contributed by atoms with Crippen LogP contribution in [0, 0.1) is 13.8 Å². The molecule has 0 spiro atoms. The third-order valence-corrected chi connectivity index (χ3v) is 3.63. The third-order valence-electron chi connectivity index (χ3n) is 3.63. The average Bonchev–Trinajstić information content (AvgIpc) is 3.10. The van der Waals surface area contributed by atoms with E-state index in [1.807, 2.05) is 0 Å². The van der Waals surface area contributed by atoms with Crippen LogP contribution in [-0.4, -0.2) is 21.2 Å². The van der Waals surface area contributed by atoms with E-state index in [4.69, 9.17) is 9.05 Å². The zero-order valence-electron chi connectivity index (χ0n) is 11.5. The molecule has 7 nitrogen and oxygen atoms in total. The first-order valence-electron chi connectivity index (χ1n) is 6.66. The number of nitrogens with one attached hydrogen (secondary N) is 1. The molecule has 2 aromatic rings. The summed E-state index contributed by atoms with van der Waals surface area (Å²) in [5, 5.41) is 10.7. The molecule has 0 bridgehead atoms. The van der Waals surface area contributed by atoms with E-state index >= 15 is 0 Å². The van der Waals surface area contributed by atoms with E-state index in [9.17, 15) is 4.79 Å². The number of aromatic nitrogens is 3. The van der Waals surface area contributed by atoms with Gasteiger partial charge in [0.2, 0.25) is 5.89 Å². The minimum Gasteiger partial charge on any atom is -0.361 e. The maximum Gasteiger partial charge on any atom is 0.274 e. The summed E-state index contributed by atoms with van der Waals surface area (Å²) in [6.07, 6.45) is 3.64. The van der Waals surface area contributed by atoms with Gasteiger partial charge in [0, 0.05) is 13.0 Å². The van der Waals surface area contributed by atoms with Crippen molar-refractivity contribution in [2.75, 3.05) is 0 Å². The van der Waals surface area contributed by atoms with Crippen molar-refractivity contribution in [2.45, 2.75) is 45.1 Å². The van der Waals surface area contributed by atoms with Crippen LogP contribution in [0.1, 0.15) is 53.6 Å². The van der Waals surface area contributed by atoms with E-state index in [0.717, 1.165) is 25.7 Å². The quantitative estimate of drug-likeness (QED) is 0.919. The van der Waals surface area contributed by atoms with Gasteiger partial charge < -0.3 is 14.4 Å². The first-order chi connectivity index (χ1) is 9.59. The summed E-state index contributed by atoms with van der Waals surface area (Å²) in [5.74, 6) is 1.37. The number of aryl methyl sites for hydroxylation is 2. The van der Waals surface area contributed by atoms with Crippen molar-refractivity contribution in [3.8, 4) is 0 Å². The van der Waals surface area contributed by atoms with Crippen LogP contribution in [0.15, 0.2) is 15.1 Å². The van der Waals surface area contributed by atoms with Crippen molar-refractivity contribution in [1.29, 1.82) is 0 Å². The fourth-order valence-corrected chi connectivity index (χ4v) is 2.63. The second-order valence-corrected chi connectivity index (χ2v) is 5.20. The number of nitrogens with zero attached hydrogens (tertiary/aromatic N) is 3. The zero-order chi connectivity index (χ0) is 14.2. The van der Waals surface area contributed by atoms with Gasteiger partial charge in [-0.25, -0.2) is 0 Å². The molecular formula is C13H16N4O3. The van der Waals surface area contributed by atoms with Crippen molar-refractivity contribution in [2.24, 2.45) is 0 Å². The fourth-order valence-electron chi connectivity index (χ4n) is 2.63. The maximum atomic E-state index is 12.3. The van der Waals surface area contributed by atoms with Gasteiger partial charge in [-0.15, -0.1) is 0 Å². The summed E-state index contributed by atoms with van der Waals surface area (Å²) >= 11 is 0. The summed E-state index contributed by atoms with van der Waals surface area (Å²) in [6.45, 7) is 3.49. The Bertz CT molecular complexity index is 625. The number of rotatable bonds is 3. The molecule has 1 aliphatic carbocycles. The van der Waals surface area contributed by atoms with E-state index in [-0.39, 0.29) is 11.6 Å². The molecule has 106 valence electrons. The van der Waals surface area contributed by atoms with Gasteiger partial charge in [0.15, 0.2) is 11.5 Å². The Morgan fingerprint density at radius 2 is 2.00 bits per heavy atom. The zero-order valence-corrected chi connectivity index (χ0v) is 11.5. The Kier molecular flexibility index (Phi) is 3.04. The molecule has 0 radical (unpaired) electrons. The van der Waals surface area contributed by atoms with Gasteiger partial charge >= 0.3 is 0 Å². The lowest BCUT2D eigenvalue weighted by molar-refractivity contribution is 0.0882. The number of hydrogen-bond donors (Lipinski definition) is 1. The van der Waals surface area contributed by atoms with E-state index in [0.29, 0.717) is 17.5 Å². The molecule has 1 fully saturated rings. The Balaban J connectivity index is 1.86. The van der Waals surface area contributed by atoms with Crippen LogP contribution in [0.25, 0.3) is 0 Å². The molecule has 0 saturated heterocycles. The van der Waals surface area contributed by atoms with Gasteiger partial charge in [0.1, 0.15) is 11.3 Å². The van der Waals surface area contributed by atoms with E-state index in [1.165, 1.54) is 0 Å². The van der Waals surface area contributed by atoms with Gasteiger partial charge in [-0.3, -0.25) is 4.79 Å². The summed E-state index contributed by atoms with van der Waals surface area (Å²) in [7, 11) is 0. The molecular weight excluding hydrogens is 260 g/mol. The van der Waals surface area contributed by atoms with Crippen LogP contribution in [0.2, 0.25) is 0 Å². The molecule has 2 heterocycles. The van der Waals surface area contributed by atoms with Crippen molar-refractivity contribution in [3.63, 3.8) is 0 Å². The molecule has 1 saturated carbocycles. The second kappa shape index (κ2) is 4.73. The smallest absolute Gasteiger partial charge is 0.274 e. The highest BCUT2D eigenvalue weighted by Gasteiger charge is 2.41. The summed E-state index contributed by atoms with van der Waals surface area (Å²) < 4.78 is 9.98. The van der Waals surface area contributed by atoms with Crippen molar-refractivity contribution < 1.29 is 13.8 Å². The van der Waals surface area contributed by atoms with E-state index in [1.54, 1.807) is 19.9 Å². The highest BCUT2D eigenvalue weighted by atomic mass is 16.5. The van der Waals surface area contributed by atoms with Gasteiger partial charge in [0.25, 0.3) is 5.91 Å². The molecule has 1 aliphatic rings. The van der Waals surface area contributed by atoms with Crippen LogP contribution in [0.3, 0.4) is 0 Å². The van der Waals surface area contributed by atoms with Crippen LogP contribution in [0.4, 0.5) is 0 Å². The number of amides is 1. The molecule has 0 aliphatic heterocycles. The predicted molar refractivity (Wildman–Crippen MR) is 67.9 cm³/mol. The van der Waals surface area contributed by atoms with Crippen molar-refractivity contribution in [3.05, 3.63) is 29.2 Å². The second-order valence-electron chi connectivity index (χ2n) is 5.20. The Morgan fingerprint density at radius 1 is 1.25 bits per heavy atom. The summed E-state index contributed by atoms with van der Waals surface area (Å²) in [4.78, 5) is 16.6. The topological polar surface area (TPSA) is 94.1 Å². The molecule has 2 aromatic heterocycles. The molecule has 7 heteroatoms.